The number of aliphatic hydroxyl groups excluding tert-OH is 1. The predicted octanol–water partition coefficient (Wildman–Crippen LogP) is 2.53. The van der Waals surface area contributed by atoms with Crippen LogP contribution in [-0.4, -0.2) is 47.8 Å². The van der Waals surface area contributed by atoms with Gasteiger partial charge in [0.1, 0.15) is 0 Å². The Kier molecular flexibility index (Phi) is 5.36. The Morgan fingerprint density at radius 2 is 1.40 bits per heavy atom. The summed E-state index contributed by atoms with van der Waals surface area (Å²) < 4.78 is 0. The Hall–Kier alpha value is -0.120. The smallest absolute Gasteiger partial charge is 0.0459 e. The van der Waals surface area contributed by atoms with Gasteiger partial charge in [-0.3, -0.25) is 0 Å². The first-order valence-electron chi connectivity index (χ1n) is 8.96. The average molecular weight is 280 g/mol. The van der Waals surface area contributed by atoms with Gasteiger partial charge in [-0.2, -0.15) is 0 Å². The van der Waals surface area contributed by atoms with Crippen LogP contribution in [0.1, 0.15) is 64.2 Å². The molecule has 0 spiro atoms. The first-order valence-corrected chi connectivity index (χ1v) is 8.96. The minimum absolute atomic E-state index is 0.395. The Morgan fingerprint density at radius 1 is 0.800 bits per heavy atom. The van der Waals surface area contributed by atoms with Crippen LogP contribution in [0.5, 0.6) is 0 Å². The van der Waals surface area contributed by atoms with Crippen molar-refractivity contribution in [2.24, 2.45) is 5.92 Å². The van der Waals surface area contributed by atoms with Crippen molar-refractivity contribution in [2.75, 3.05) is 19.7 Å². The van der Waals surface area contributed by atoms with Crippen molar-refractivity contribution in [3.63, 3.8) is 0 Å². The highest BCUT2D eigenvalue weighted by atomic mass is 16.3. The molecule has 1 heterocycles. The minimum atomic E-state index is 0.395. The lowest BCUT2D eigenvalue weighted by atomic mass is 9.86. The molecular weight excluding hydrogens is 248 g/mol. The molecule has 0 radical (unpaired) electrons. The summed E-state index contributed by atoms with van der Waals surface area (Å²) >= 11 is 0. The van der Waals surface area contributed by atoms with Gasteiger partial charge in [-0.25, -0.2) is 0 Å². The fourth-order valence-corrected chi connectivity index (χ4v) is 4.55. The van der Waals surface area contributed by atoms with Gasteiger partial charge in [-0.05, 0) is 70.4 Å². The molecule has 0 aromatic carbocycles. The van der Waals surface area contributed by atoms with Crippen molar-refractivity contribution in [1.29, 1.82) is 0 Å². The molecule has 2 aliphatic carbocycles. The first-order chi connectivity index (χ1) is 9.85. The fraction of sp³-hybridized carbons (Fsp3) is 1.00. The zero-order chi connectivity index (χ0) is 13.8. The number of nitrogens with zero attached hydrogens (tertiary/aromatic N) is 1. The van der Waals surface area contributed by atoms with E-state index in [9.17, 15) is 5.11 Å². The summed E-state index contributed by atoms with van der Waals surface area (Å²) in [7, 11) is 0. The number of likely N-dealkylation sites (tertiary alicyclic amines) is 1. The van der Waals surface area contributed by atoms with Crippen LogP contribution in [-0.2, 0) is 0 Å². The predicted molar refractivity (Wildman–Crippen MR) is 82.8 cm³/mol. The molecule has 0 unspecified atom stereocenters. The van der Waals surface area contributed by atoms with Gasteiger partial charge in [0.2, 0.25) is 0 Å². The summed E-state index contributed by atoms with van der Waals surface area (Å²) in [5.74, 6) is 0.581. The molecule has 0 aromatic heterocycles. The number of nitrogens with one attached hydrogen (secondary N) is 1. The van der Waals surface area contributed by atoms with Gasteiger partial charge in [0, 0.05) is 24.7 Å². The maximum absolute atomic E-state index is 9.21. The van der Waals surface area contributed by atoms with Crippen molar-refractivity contribution in [2.45, 2.75) is 82.3 Å². The monoisotopic (exact) mass is 280 g/mol. The second-order valence-electron chi connectivity index (χ2n) is 7.32. The van der Waals surface area contributed by atoms with Crippen LogP contribution in [0.3, 0.4) is 0 Å². The molecule has 2 N–H and O–H groups in total. The molecule has 3 nitrogen and oxygen atoms in total. The van der Waals surface area contributed by atoms with Gasteiger partial charge in [0.25, 0.3) is 0 Å². The number of aliphatic hydroxyl groups is 1. The van der Waals surface area contributed by atoms with E-state index >= 15 is 0 Å². The molecule has 20 heavy (non-hydrogen) atoms. The third-order valence-electron chi connectivity index (χ3n) is 5.95. The molecule has 1 saturated heterocycles. The maximum atomic E-state index is 9.21. The zero-order valence-corrected chi connectivity index (χ0v) is 12.9. The molecule has 2 saturated carbocycles. The van der Waals surface area contributed by atoms with Gasteiger partial charge in [0.05, 0.1) is 0 Å². The first kappa shape index (κ1) is 14.8. The van der Waals surface area contributed by atoms with E-state index in [4.69, 9.17) is 0 Å². The molecule has 0 amide bonds. The van der Waals surface area contributed by atoms with Crippen LogP contribution in [0.2, 0.25) is 0 Å². The Morgan fingerprint density at radius 3 is 2.00 bits per heavy atom. The number of hydrogen-bond acceptors (Lipinski definition) is 3. The summed E-state index contributed by atoms with van der Waals surface area (Å²) in [6.07, 6.45) is 13.5. The van der Waals surface area contributed by atoms with E-state index in [0.29, 0.717) is 12.5 Å². The van der Waals surface area contributed by atoms with E-state index < -0.39 is 0 Å². The fourth-order valence-electron chi connectivity index (χ4n) is 4.55. The van der Waals surface area contributed by atoms with Crippen molar-refractivity contribution in [1.82, 2.24) is 10.2 Å². The van der Waals surface area contributed by atoms with E-state index in [0.717, 1.165) is 18.1 Å². The molecule has 1 aliphatic heterocycles. The topological polar surface area (TPSA) is 35.5 Å². The number of hydrogen-bond donors (Lipinski definition) is 2. The van der Waals surface area contributed by atoms with Crippen LogP contribution in [0, 0.1) is 5.92 Å². The minimum Gasteiger partial charge on any atom is -0.396 e. The van der Waals surface area contributed by atoms with Gasteiger partial charge in [0.15, 0.2) is 0 Å². The summed E-state index contributed by atoms with van der Waals surface area (Å²) in [6.45, 7) is 3.02. The SMILES string of the molecule is OCC1CCC(NC2CCN(C3CCCC3)CC2)CC1. The van der Waals surface area contributed by atoms with Gasteiger partial charge >= 0.3 is 0 Å². The Labute approximate surface area is 124 Å². The van der Waals surface area contributed by atoms with E-state index in [1.165, 1.54) is 77.3 Å². The van der Waals surface area contributed by atoms with Gasteiger partial charge in [-0.15, -0.1) is 0 Å². The standard InChI is InChI=1S/C17H32N2O/c20-13-14-5-7-15(8-6-14)18-16-9-11-19(12-10-16)17-3-1-2-4-17/h14-18,20H,1-13H2. The quantitative estimate of drug-likeness (QED) is 0.831. The lowest BCUT2D eigenvalue weighted by Gasteiger charge is -2.39. The van der Waals surface area contributed by atoms with Gasteiger partial charge in [-0.1, -0.05) is 12.8 Å². The average Bonchev–Trinajstić information content (AvgIpc) is 3.03. The number of rotatable bonds is 4. The summed E-state index contributed by atoms with van der Waals surface area (Å²) in [5, 5.41) is 13.1. The normalized spacial score (nSPS) is 34.6. The van der Waals surface area contributed by atoms with Crippen LogP contribution in [0.15, 0.2) is 0 Å². The van der Waals surface area contributed by atoms with Crippen molar-refractivity contribution in [3.05, 3.63) is 0 Å². The van der Waals surface area contributed by atoms with Crippen LogP contribution in [0.25, 0.3) is 0 Å². The third-order valence-corrected chi connectivity index (χ3v) is 5.95. The van der Waals surface area contributed by atoms with Crippen molar-refractivity contribution in [3.8, 4) is 0 Å². The van der Waals surface area contributed by atoms with Crippen LogP contribution >= 0.6 is 0 Å². The van der Waals surface area contributed by atoms with E-state index in [2.05, 4.69) is 10.2 Å². The van der Waals surface area contributed by atoms with Crippen molar-refractivity contribution < 1.29 is 5.11 Å². The maximum Gasteiger partial charge on any atom is 0.0459 e. The molecule has 116 valence electrons. The molecule has 3 aliphatic rings. The van der Waals surface area contributed by atoms with E-state index in [1.807, 2.05) is 0 Å². The molecule has 3 rings (SSSR count). The number of piperidine rings is 1. The summed E-state index contributed by atoms with van der Waals surface area (Å²) in [6, 6.07) is 2.39. The third kappa shape index (κ3) is 3.75. The van der Waals surface area contributed by atoms with E-state index in [1.54, 1.807) is 0 Å². The molecular formula is C17H32N2O. The second-order valence-corrected chi connectivity index (χ2v) is 7.32. The second kappa shape index (κ2) is 7.24. The molecule has 0 bridgehead atoms. The molecule has 0 atom stereocenters. The van der Waals surface area contributed by atoms with Crippen LogP contribution in [0.4, 0.5) is 0 Å². The highest BCUT2D eigenvalue weighted by Crippen LogP contribution is 2.28. The molecule has 0 aromatic rings. The van der Waals surface area contributed by atoms with Gasteiger partial charge < -0.3 is 15.3 Å². The van der Waals surface area contributed by atoms with Crippen molar-refractivity contribution >= 4 is 0 Å². The van der Waals surface area contributed by atoms with Crippen LogP contribution < -0.4 is 5.32 Å². The highest BCUT2D eigenvalue weighted by Gasteiger charge is 2.29. The Balaban J connectivity index is 1.36. The lowest BCUT2D eigenvalue weighted by molar-refractivity contribution is 0.129. The largest absolute Gasteiger partial charge is 0.396 e. The highest BCUT2D eigenvalue weighted by molar-refractivity contribution is 4.87. The summed E-state index contributed by atoms with van der Waals surface area (Å²) in [5.41, 5.74) is 0. The Bertz CT molecular complexity index is 275. The lowest BCUT2D eigenvalue weighted by Crippen LogP contribution is -2.49. The molecule has 3 heteroatoms. The summed E-state index contributed by atoms with van der Waals surface area (Å²) in [4.78, 5) is 2.76. The van der Waals surface area contributed by atoms with E-state index in [-0.39, 0.29) is 0 Å². The zero-order valence-electron chi connectivity index (χ0n) is 12.9. The molecule has 3 fully saturated rings.